The Hall–Kier alpha value is -4.94. The second-order valence-electron chi connectivity index (χ2n) is 9.74. The zero-order valence-electron chi connectivity index (χ0n) is 23.1. The Balaban J connectivity index is 1.63. The van der Waals surface area contributed by atoms with Crippen molar-refractivity contribution >= 4 is 38.4 Å². The van der Waals surface area contributed by atoms with Crippen LogP contribution >= 0.6 is 11.3 Å². The lowest BCUT2D eigenvalue weighted by Gasteiger charge is -2.17. The number of thiophene rings is 1. The molecule has 0 bridgehead atoms. The highest BCUT2D eigenvalue weighted by atomic mass is 32.1. The van der Waals surface area contributed by atoms with Gasteiger partial charge in [-0.15, -0.1) is 11.3 Å². The summed E-state index contributed by atoms with van der Waals surface area (Å²) < 4.78 is 42.1. The Morgan fingerprint density at radius 2 is 2.02 bits per heavy atom. The number of aromatic amines is 1. The van der Waals surface area contributed by atoms with Crippen molar-refractivity contribution in [2.75, 3.05) is 13.2 Å². The molecule has 0 radical (unpaired) electrons. The molecule has 3 N–H and O–H groups in total. The predicted octanol–water partition coefficient (Wildman–Crippen LogP) is 6.48. The largest absolute Gasteiger partial charge is 0.490 e. The minimum Gasteiger partial charge on any atom is -0.490 e. The number of amides is 1. The second-order valence-corrected chi connectivity index (χ2v) is 10.7. The zero-order chi connectivity index (χ0) is 30.2. The predicted molar refractivity (Wildman–Crippen MR) is 160 cm³/mol. The highest BCUT2D eigenvalue weighted by Gasteiger charge is 2.27. The van der Waals surface area contributed by atoms with E-state index in [2.05, 4.69) is 27.1 Å². The average Bonchev–Trinajstić information content (AvgIpc) is 3.74. The van der Waals surface area contributed by atoms with E-state index in [4.69, 9.17) is 14.1 Å². The van der Waals surface area contributed by atoms with Gasteiger partial charge in [0.2, 0.25) is 5.91 Å². The number of nitrogens with one attached hydrogen (secondary N) is 2. The quantitative estimate of drug-likeness (QED) is 0.162. The molecule has 4 heterocycles. The molecular weight excluding hydrogens is 576 g/mol. The number of carbonyl (C=O) groups is 1. The van der Waals surface area contributed by atoms with Crippen LogP contribution in [0.4, 0.5) is 8.78 Å². The van der Waals surface area contributed by atoms with Crippen LogP contribution in [0.1, 0.15) is 24.6 Å². The molecule has 0 aliphatic rings. The molecule has 12 heteroatoms. The summed E-state index contributed by atoms with van der Waals surface area (Å²) in [6, 6.07) is 10.5. The van der Waals surface area contributed by atoms with Gasteiger partial charge >= 0.3 is 0 Å². The molecule has 6 rings (SSSR count). The highest BCUT2D eigenvalue weighted by molar-refractivity contribution is 7.18. The summed E-state index contributed by atoms with van der Waals surface area (Å²) >= 11 is 1.36. The van der Waals surface area contributed by atoms with Crippen LogP contribution in [0.25, 0.3) is 55.0 Å². The van der Waals surface area contributed by atoms with Gasteiger partial charge in [-0.3, -0.25) is 9.89 Å². The fourth-order valence-electron chi connectivity index (χ4n) is 4.94. The molecule has 0 aliphatic carbocycles. The maximum Gasteiger partial charge on any atom is 0.243 e. The molecule has 2 aromatic carbocycles. The van der Waals surface area contributed by atoms with Crippen molar-refractivity contribution in [3.63, 3.8) is 0 Å². The van der Waals surface area contributed by atoms with E-state index >= 15 is 4.39 Å². The molecule has 0 unspecified atom stereocenters. The summed E-state index contributed by atoms with van der Waals surface area (Å²) in [7, 11) is 0. The van der Waals surface area contributed by atoms with E-state index < -0.39 is 17.7 Å². The third-order valence-electron chi connectivity index (χ3n) is 6.84. The first-order chi connectivity index (χ1) is 20.8. The average molecular weight is 602 g/mol. The molecule has 0 aliphatic heterocycles. The number of hydrogen-bond acceptors (Lipinski definition) is 8. The van der Waals surface area contributed by atoms with E-state index in [0.29, 0.717) is 50.0 Å². The van der Waals surface area contributed by atoms with Crippen molar-refractivity contribution in [2.24, 2.45) is 0 Å². The molecule has 1 atom stereocenters. The van der Waals surface area contributed by atoms with Crippen LogP contribution in [0.2, 0.25) is 0 Å². The standard InChI is InChI=1S/C31H25F2N5O4S/c1-4-26(40)34-15(2)21-14-23(38-37-21)30-28(27-20(33)12-18(32)13-25(27)41-9-8-39)31-19(7-10-43-31)29(36-30)17-5-6-24-22(11-17)35-16(3)42-24/h4-7,10-15,39H,1,8-9H2,2-3H3,(H,34,40)(H,37,38)/t15-/m0/s1. The van der Waals surface area contributed by atoms with Gasteiger partial charge in [0.05, 0.1) is 29.6 Å². The summed E-state index contributed by atoms with van der Waals surface area (Å²) in [4.78, 5) is 21.4. The number of ether oxygens (including phenoxy) is 1. The number of hydrogen-bond donors (Lipinski definition) is 3. The number of aromatic nitrogens is 4. The Kier molecular flexibility index (Phi) is 7.46. The normalized spacial score (nSPS) is 12.1. The molecule has 0 fully saturated rings. The Morgan fingerprint density at radius 3 is 2.81 bits per heavy atom. The van der Waals surface area contributed by atoms with Crippen LogP contribution in [-0.4, -0.2) is 44.4 Å². The molecule has 1 amide bonds. The molecule has 4 aromatic heterocycles. The summed E-state index contributed by atoms with van der Waals surface area (Å²) in [6.07, 6.45) is 1.17. The van der Waals surface area contributed by atoms with E-state index in [0.717, 1.165) is 23.1 Å². The van der Waals surface area contributed by atoms with Crippen molar-refractivity contribution in [1.29, 1.82) is 0 Å². The van der Waals surface area contributed by atoms with Gasteiger partial charge in [0.25, 0.3) is 0 Å². The van der Waals surface area contributed by atoms with E-state index in [1.807, 2.05) is 29.6 Å². The van der Waals surface area contributed by atoms with E-state index in [9.17, 15) is 14.3 Å². The molecule has 0 saturated heterocycles. The first-order valence-corrected chi connectivity index (χ1v) is 14.2. The number of aliphatic hydroxyl groups excluding tert-OH is 1. The Labute approximate surface area is 247 Å². The van der Waals surface area contributed by atoms with Crippen molar-refractivity contribution < 1.29 is 27.8 Å². The van der Waals surface area contributed by atoms with Crippen LogP contribution in [-0.2, 0) is 4.79 Å². The zero-order valence-corrected chi connectivity index (χ0v) is 23.9. The van der Waals surface area contributed by atoms with Gasteiger partial charge in [-0.05, 0) is 48.7 Å². The number of pyridine rings is 1. The number of fused-ring (bicyclic) bond motifs is 2. The molecule has 218 valence electrons. The number of halogens is 2. The molecule has 9 nitrogen and oxygen atoms in total. The number of aryl methyl sites for hydroxylation is 1. The lowest BCUT2D eigenvalue weighted by atomic mass is 9.96. The van der Waals surface area contributed by atoms with Crippen LogP contribution in [0.5, 0.6) is 5.75 Å². The highest BCUT2D eigenvalue weighted by Crippen LogP contribution is 2.47. The van der Waals surface area contributed by atoms with Gasteiger partial charge in [-0.2, -0.15) is 5.10 Å². The van der Waals surface area contributed by atoms with Crippen LogP contribution < -0.4 is 10.1 Å². The van der Waals surface area contributed by atoms with Gasteiger partial charge < -0.3 is 19.6 Å². The lowest BCUT2D eigenvalue weighted by molar-refractivity contribution is -0.117. The van der Waals surface area contributed by atoms with Gasteiger partial charge in [0, 0.05) is 40.3 Å². The van der Waals surface area contributed by atoms with Gasteiger partial charge in [0.15, 0.2) is 11.5 Å². The monoisotopic (exact) mass is 601 g/mol. The van der Waals surface area contributed by atoms with E-state index in [1.54, 1.807) is 19.9 Å². The van der Waals surface area contributed by atoms with E-state index in [1.165, 1.54) is 17.4 Å². The maximum absolute atomic E-state index is 15.8. The number of rotatable bonds is 9. The van der Waals surface area contributed by atoms with E-state index in [-0.39, 0.29) is 30.4 Å². The van der Waals surface area contributed by atoms with Crippen molar-refractivity contribution in [3.05, 3.63) is 83.7 Å². The van der Waals surface area contributed by atoms with Crippen LogP contribution in [0.15, 0.2) is 64.9 Å². The minimum atomic E-state index is -0.861. The fourth-order valence-corrected chi connectivity index (χ4v) is 5.89. The summed E-state index contributed by atoms with van der Waals surface area (Å²) in [5.41, 5.74) is 4.18. The van der Waals surface area contributed by atoms with Gasteiger partial charge in [-0.25, -0.2) is 18.7 Å². The third kappa shape index (κ3) is 5.26. The van der Waals surface area contributed by atoms with Crippen LogP contribution in [0.3, 0.4) is 0 Å². The SMILES string of the molecule is C=CC(=O)N[C@@H](C)c1cc(-c2nc(-c3ccc4oc(C)nc4c3)c3ccsc3c2-c2c(F)cc(F)cc2OCCO)n[nH]1. The second kappa shape index (κ2) is 11.4. The smallest absolute Gasteiger partial charge is 0.243 e. The number of aliphatic hydroxyl groups is 1. The van der Waals surface area contributed by atoms with Gasteiger partial charge in [0.1, 0.15) is 40.9 Å². The van der Waals surface area contributed by atoms with Crippen molar-refractivity contribution in [3.8, 4) is 39.5 Å². The number of benzene rings is 2. The third-order valence-corrected chi connectivity index (χ3v) is 7.78. The molecule has 0 saturated carbocycles. The topological polar surface area (TPSA) is 126 Å². The minimum absolute atomic E-state index is 0.0171. The lowest BCUT2D eigenvalue weighted by Crippen LogP contribution is -2.24. The molecular formula is C31H25F2N5O4S. The fraction of sp³-hybridized carbons (Fsp3) is 0.161. The number of H-pyrrole nitrogens is 1. The number of carbonyl (C=O) groups excluding carboxylic acids is 1. The van der Waals surface area contributed by atoms with Crippen molar-refractivity contribution in [2.45, 2.75) is 19.9 Å². The molecule has 43 heavy (non-hydrogen) atoms. The molecule has 6 aromatic rings. The first-order valence-electron chi connectivity index (χ1n) is 13.3. The summed E-state index contributed by atoms with van der Waals surface area (Å²) in [5, 5.41) is 22.2. The number of oxazole rings is 1. The van der Waals surface area contributed by atoms with Gasteiger partial charge in [-0.1, -0.05) is 6.58 Å². The Morgan fingerprint density at radius 1 is 1.19 bits per heavy atom. The summed E-state index contributed by atoms with van der Waals surface area (Å²) in [6.45, 7) is 6.50. The molecule has 0 spiro atoms. The number of nitrogens with zero attached hydrogens (tertiary/aromatic N) is 3. The first kappa shape index (κ1) is 28.2. The summed E-state index contributed by atoms with van der Waals surface area (Å²) in [5.74, 6) is -1.60. The van der Waals surface area contributed by atoms with Crippen LogP contribution in [0, 0.1) is 18.6 Å². The van der Waals surface area contributed by atoms with Crippen molar-refractivity contribution in [1.82, 2.24) is 25.5 Å². The maximum atomic E-state index is 15.8. The Bertz CT molecular complexity index is 2010.